The molecule has 0 radical (unpaired) electrons. The summed E-state index contributed by atoms with van der Waals surface area (Å²) in [5.74, 6) is 2.49. The van der Waals surface area contributed by atoms with Gasteiger partial charge in [-0.2, -0.15) is 0 Å². The summed E-state index contributed by atoms with van der Waals surface area (Å²) < 4.78 is 5.35. The van der Waals surface area contributed by atoms with Crippen molar-refractivity contribution in [2.24, 2.45) is 0 Å². The van der Waals surface area contributed by atoms with Crippen LogP contribution in [0.3, 0.4) is 0 Å². The van der Waals surface area contributed by atoms with Gasteiger partial charge in [-0.1, -0.05) is 54.5 Å². The second kappa shape index (κ2) is 10.3. The molecule has 160 valence electrons. The second-order valence-corrected chi connectivity index (χ2v) is 6.86. The summed E-state index contributed by atoms with van der Waals surface area (Å²) in [6, 6.07) is 14.8. The number of aliphatic hydroxyl groups is 1. The summed E-state index contributed by atoms with van der Waals surface area (Å²) >= 11 is 0. The summed E-state index contributed by atoms with van der Waals surface area (Å²) in [6.07, 6.45) is -0.791. The second-order valence-electron chi connectivity index (χ2n) is 6.86. The van der Waals surface area contributed by atoms with E-state index in [9.17, 15) is 14.4 Å². The lowest BCUT2D eigenvalue weighted by Crippen LogP contribution is -2.40. The van der Waals surface area contributed by atoms with Gasteiger partial charge in [-0.25, -0.2) is 9.59 Å². The maximum Gasteiger partial charge on any atom is 0.407 e. The molecular weight excluding hydrogens is 400 g/mol. The van der Waals surface area contributed by atoms with Gasteiger partial charge in [-0.05, 0) is 28.2 Å². The lowest BCUT2D eigenvalue weighted by Gasteiger charge is -2.14. The SMILES string of the molecule is O=C(C#CCNC(=O)OCC1c2ccccc2-c2ccccc21)N[C@@H](CCO)C(=O)O. The first kappa shape index (κ1) is 21.9. The lowest BCUT2D eigenvalue weighted by atomic mass is 9.98. The minimum Gasteiger partial charge on any atom is -0.480 e. The first-order chi connectivity index (χ1) is 15.0. The number of hydrogen-bond donors (Lipinski definition) is 4. The Labute approximate surface area is 179 Å². The smallest absolute Gasteiger partial charge is 0.407 e. The molecule has 0 bridgehead atoms. The Morgan fingerprint density at radius 3 is 2.23 bits per heavy atom. The van der Waals surface area contributed by atoms with Gasteiger partial charge in [0.1, 0.15) is 12.6 Å². The van der Waals surface area contributed by atoms with Crippen LogP contribution in [-0.4, -0.2) is 54.0 Å². The van der Waals surface area contributed by atoms with Crippen molar-refractivity contribution in [2.45, 2.75) is 18.4 Å². The fourth-order valence-electron chi connectivity index (χ4n) is 3.47. The normalized spacial score (nSPS) is 12.5. The molecule has 1 atom stereocenters. The summed E-state index contributed by atoms with van der Waals surface area (Å²) in [5.41, 5.74) is 4.46. The number of carbonyl (C=O) groups is 3. The number of benzene rings is 2. The van der Waals surface area contributed by atoms with E-state index in [2.05, 4.69) is 22.5 Å². The van der Waals surface area contributed by atoms with Crippen LogP contribution in [0.2, 0.25) is 0 Å². The Hall–Kier alpha value is -3.83. The first-order valence-corrected chi connectivity index (χ1v) is 9.73. The third kappa shape index (κ3) is 5.41. The van der Waals surface area contributed by atoms with Gasteiger partial charge in [-0.3, -0.25) is 4.79 Å². The molecule has 2 aromatic carbocycles. The summed E-state index contributed by atoms with van der Waals surface area (Å²) in [4.78, 5) is 34.6. The third-order valence-corrected chi connectivity index (χ3v) is 4.89. The number of alkyl carbamates (subject to hydrolysis) is 1. The Morgan fingerprint density at radius 2 is 1.65 bits per heavy atom. The average molecular weight is 422 g/mol. The molecule has 0 saturated heterocycles. The van der Waals surface area contributed by atoms with Crippen molar-refractivity contribution < 1.29 is 29.3 Å². The molecular formula is C23H22N2O6. The molecule has 0 spiro atoms. The van der Waals surface area contributed by atoms with Crippen LogP contribution in [0.25, 0.3) is 11.1 Å². The van der Waals surface area contributed by atoms with Crippen molar-refractivity contribution in [1.82, 2.24) is 10.6 Å². The average Bonchev–Trinajstić information content (AvgIpc) is 3.09. The maximum absolute atomic E-state index is 12.0. The molecule has 0 aromatic heterocycles. The molecule has 31 heavy (non-hydrogen) atoms. The molecule has 0 unspecified atom stereocenters. The van der Waals surface area contributed by atoms with Crippen LogP contribution in [0.4, 0.5) is 4.79 Å². The lowest BCUT2D eigenvalue weighted by molar-refractivity contribution is -0.141. The predicted molar refractivity (Wildman–Crippen MR) is 112 cm³/mol. The van der Waals surface area contributed by atoms with Crippen molar-refractivity contribution in [3.8, 4) is 23.0 Å². The number of carbonyl (C=O) groups excluding carboxylic acids is 2. The summed E-state index contributed by atoms with van der Waals surface area (Å²) in [5, 5.41) is 22.3. The molecule has 3 rings (SSSR count). The zero-order valence-electron chi connectivity index (χ0n) is 16.6. The van der Waals surface area contributed by atoms with E-state index in [0.717, 1.165) is 22.3 Å². The molecule has 0 aliphatic heterocycles. The van der Waals surface area contributed by atoms with Crippen LogP contribution >= 0.6 is 0 Å². The number of nitrogens with one attached hydrogen (secondary N) is 2. The van der Waals surface area contributed by atoms with Crippen molar-refractivity contribution >= 4 is 18.0 Å². The Morgan fingerprint density at radius 1 is 1.03 bits per heavy atom. The van der Waals surface area contributed by atoms with E-state index < -0.39 is 24.0 Å². The van der Waals surface area contributed by atoms with E-state index in [1.165, 1.54) is 0 Å². The molecule has 2 aromatic rings. The van der Waals surface area contributed by atoms with Crippen molar-refractivity contribution in [3.63, 3.8) is 0 Å². The molecule has 0 heterocycles. The fraction of sp³-hybridized carbons (Fsp3) is 0.261. The highest BCUT2D eigenvalue weighted by Crippen LogP contribution is 2.44. The number of fused-ring (bicyclic) bond motifs is 3. The van der Waals surface area contributed by atoms with Gasteiger partial charge in [0, 0.05) is 18.9 Å². The maximum atomic E-state index is 12.0. The number of rotatable bonds is 7. The Bertz CT molecular complexity index is 994. The minimum absolute atomic E-state index is 0.0607. The van der Waals surface area contributed by atoms with Crippen LogP contribution in [0, 0.1) is 11.8 Å². The number of carboxylic acids is 1. The molecule has 1 aliphatic rings. The van der Waals surface area contributed by atoms with E-state index in [0.29, 0.717) is 0 Å². The highest BCUT2D eigenvalue weighted by molar-refractivity contribution is 5.96. The number of aliphatic carboxylic acids is 1. The number of carboxylic acid groups (broad SMARTS) is 1. The van der Waals surface area contributed by atoms with Gasteiger partial charge in [0.25, 0.3) is 5.91 Å². The van der Waals surface area contributed by atoms with E-state index in [4.69, 9.17) is 14.9 Å². The molecule has 8 heteroatoms. The number of aliphatic hydroxyl groups excluding tert-OH is 1. The van der Waals surface area contributed by atoms with Gasteiger partial charge < -0.3 is 25.6 Å². The van der Waals surface area contributed by atoms with Crippen molar-refractivity contribution in [3.05, 3.63) is 59.7 Å². The van der Waals surface area contributed by atoms with Gasteiger partial charge >= 0.3 is 12.1 Å². The van der Waals surface area contributed by atoms with Crippen LogP contribution in [0.15, 0.2) is 48.5 Å². The van der Waals surface area contributed by atoms with E-state index in [-0.39, 0.29) is 32.1 Å². The monoisotopic (exact) mass is 422 g/mol. The Balaban J connectivity index is 1.49. The molecule has 0 saturated carbocycles. The molecule has 0 fully saturated rings. The van der Waals surface area contributed by atoms with E-state index >= 15 is 0 Å². The van der Waals surface area contributed by atoms with Crippen LogP contribution in [0.5, 0.6) is 0 Å². The van der Waals surface area contributed by atoms with Gasteiger partial charge in [0.15, 0.2) is 0 Å². The summed E-state index contributed by atoms with van der Waals surface area (Å²) in [6.45, 7) is -0.356. The molecule has 8 nitrogen and oxygen atoms in total. The highest BCUT2D eigenvalue weighted by Gasteiger charge is 2.28. The molecule has 4 N–H and O–H groups in total. The van der Waals surface area contributed by atoms with Crippen LogP contribution in [0.1, 0.15) is 23.5 Å². The van der Waals surface area contributed by atoms with Gasteiger partial charge in [0.05, 0.1) is 6.54 Å². The molecule has 2 amide bonds. The molecule has 1 aliphatic carbocycles. The quantitative estimate of drug-likeness (QED) is 0.501. The van der Waals surface area contributed by atoms with Crippen LogP contribution < -0.4 is 10.6 Å². The standard InChI is InChI=1S/C23H22N2O6/c26-13-11-20(22(28)29)25-21(27)10-5-12-24-23(30)31-14-19-17-8-3-1-6-15(17)16-7-2-4-9-18(16)19/h1-4,6-9,19-20,26H,11-14H2,(H,24,30)(H,25,27)(H,28,29)/t20-/m0/s1. The highest BCUT2D eigenvalue weighted by atomic mass is 16.5. The number of hydrogen-bond acceptors (Lipinski definition) is 5. The number of amides is 2. The largest absolute Gasteiger partial charge is 0.480 e. The van der Waals surface area contributed by atoms with E-state index in [1.54, 1.807) is 0 Å². The van der Waals surface area contributed by atoms with Crippen molar-refractivity contribution in [1.29, 1.82) is 0 Å². The Kier molecular flexibility index (Phi) is 7.25. The number of ether oxygens (including phenoxy) is 1. The van der Waals surface area contributed by atoms with Crippen molar-refractivity contribution in [2.75, 3.05) is 19.8 Å². The zero-order chi connectivity index (χ0) is 22.2. The van der Waals surface area contributed by atoms with Crippen LogP contribution in [-0.2, 0) is 14.3 Å². The summed E-state index contributed by atoms with van der Waals surface area (Å²) in [7, 11) is 0. The predicted octanol–water partition coefficient (Wildman–Crippen LogP) is 1.48. The third-order valence-electron chi connectivity index (χ3n) is 4.89. The fourth-order valence-corrected chi connectivity index (χ4v) is 3.47. The topological polar surface area (TPSA) is 125 Å². The van der Waals surface area contributed by atoms with E-state index in [1.807, 2.05) is 48.5 Å². The minimum atomic E-state index is -1.26. The van der Waals surface area contributed by atoms with Gasteiger partial charge in [0.2, 0.25) is 0 Å². The first-order valence-electron chi connectivity index (χ1n) is 9.73. The zero-order valence-corrected chi connectivity index (χ0v) is 16.6. The van der Waals surface area contributed by atoms with Gasteiger partial charge in [-0.15, -0.1) is 0 Å².